The van der Waals surface area contributed by atoms with Crippen LogP contribution in [0.25, 0.3) is 0 Å². The lowest BCUT2D eigenvalue weighted by molar-refractivity contribution is -0.384. The molecule has 1 heterocycles. The molecule has 17 heavy (non-hydrogen) atoms. The van der Waals surface area contributed by atoms with Crippen LogP contribution in [0.5, 0.6) is 0 Å². The average molecular weight is 256 g/mol. The number of nitrogens with zero attached hydrogens (tertiary/aromatic N) is 2. The second kappa shape index (κ2) is 4.38. The molecule has 0 atom stereocenters. The van der Waals surface area contributed by atoms with Crippen LogP contribution in [-0.4, -0.2) is 16.7 Å². The van der Waals surface area contributed by atoms with E-state index >= 15 is 0 Å². The molecule has 0 saturated carbocycles. The smallest absolute Gasteiger partial charge is 0.339 e. The van der Waals surface area contributed by atoms with Gasteiger partial charge in [-0.3, -0.25) is 10.1 Å². The van der Waals surface area contributed by atoms with Gasteiger partial charge in [0.05, 0.1) is 15.6 Å². The summed E-state index contributed by atoms with van der Waals surface area (Å²) >= 11 is 5.83. The molecule has 1 aliphatic rings. The van der Waals surface area contributed by atoms with E-state index in [4.69, 9.17) is 11.6 Å². The number of halogens is 1. The fraction of sp³-hybridized carbons (Fsp3) is 0.111. The van der Waals surface area contributed by atoms with Crippen LogP contribution in [0.2, 0.25) is 5.02 Å². The number of non-ortho nitro benzene ring substituents is 1. The van der Waals surface area contributed by atoms with Crippen LogP contribution in [0.3, 0.4) is 0 Å². The predicted octanol–water partition coefficient (Wildman–Crippen LogP) is 1.73. The van der Waals surface area contributed by atoms with E-state index in [2.05, 4.69) is 15.3 Å². The summed E-state index contributed by atoms with van der Waals surface area (Å²) < 4.78 is 0. The Morgan fingerprint density at radius 2 is 2.29 bits per heavy atom. The van der Waals surface area contributed by atoms with Gasteiger partial charge in [-0.05, 0) is 6.07 Å². The normalized spacial score (nSPS) is 16.8. The number of rotatable bonds is 2. The number of hydroxylamine groups is 1. The first-order valence-corrected chi connectivity index (χ1v) is 4.91. The van der Waals surface area contributed by atoms with E-state index in [-0.39, 0.29) is 28.7 Å². The number of hydrogen-bond donors (Lipinski definition) is 1. The van der Waals surface area contributed by atoms with Crippen LogP contribution in [0.4, 0.5) is 11.4 Å². The van der Waals surface area contributed by atoms with Crippen molar-refractivity contribution in [3.8, 4) is 0 Å². The summed E-state index contributed by atoms with van der Waals surface area (Å²) in [5, 5.41) is 10.8. The third kappa shape index (κ3) is 2.51. The molecule has 0 unspecified atom stereocenters. The lowest BCUT2D eigenvalue weighted by Gasteiger charge is -1.99. The van der Waals surface area contributed by atoms with Gasteiger partial charge < -0.3 is 4.84 Å². The van der Waals surface area contributed by atoms with Gasteiger partial charge in [0.15, 0.2) is 0 Å². The number of carbonyl (C=O) groups excluding carboxylic acids is 1. The van der Waals surface area contributed by atoms with Crippen LogP contribution in [0.15, 0.2) is 23.2 Å². The predicted molar refractivity (Wildman–Crippen MR) is 59.0 cm³/mol. The van der Waals surface area contributed by atoms with Gasteiger partial charge in [-0.25, -0.2) is 15.3 Å². The van der Waals surface area contributed by atoms with E-state index in [0.717, 1.165) is 0 Å². The van der Waals surface area contributed by atoms with Crippen LogP contribution in [0.1, 0.15) is 6.42 Å². The molecule has 1 aromatic carbocycles. The van der Waals surface area contributed by atoms with Gasteiger partial charge in [-0.15, -0.1) is 0 Å². The zero-order valence-electron chi connectivity index (χ0n) is 8.34. The van der Waals surface area contributed by atoms with E-state index in [1.54, 1.807) is 0 Å². The molecule has 0 amide bonds. The Kier molecular flexibility index (Phi) is 2.92. The van der Waals surface area contributed by atoms with Gasteiger partial charge in [0, 0.05) is 12.1 Å². The van der Waals surface area contributed by atoms with E-state index < -0.39 is 10.9 Å². The Bertz CT molecular complexity index is 529. The lowest BCUT2D eigenvalue weighted by Crippen LogP contribution is -2.12. The van der Waals surface area contributed by atoms with Crippen molar-refractivity contribution in [1.29, 1.82) is 0 Å². The van der Waals surface area contributed by atoms with Crippen LogP contribution in [0, 0.1) is 10.1 Å². The van der Waals surface area contributed by atoms with Crippen molar-refractivity contribution in [3.63, 3.8) is 0 Å². The molecule has 0 radical (unpaired) electrons. The number of aliphatic imine (C=N–C) groups is 1. The Balaban J connectivity index is 2.34. The molecule has 0 aromatic heterocycles. The highest BCUT2D eigenvalue weighted by molar-refractivity contribution is 6.33. The molecular weight excluding hydrogens is 250 g/mol. The molecule has 2 rings (SSSR count). The van der Waals surface area contributed by atoms with Gasteiger partial charge in [0.2, 0.25) is 0 Å². The number of nitro benzene ring substituents is 1. The van der Waals surface area contributed by atoms with Crippen molar-refractivity contribution in [1.82, 2.24) is 5.48 Å². The summed E-state index contributed by atoms with van der Waals surface area (Å²) in [6, 6.07) is 3.87. The number of carbonyl (C=O) groups is 1. The van der Waals surface area contributed by atoms with Crippen LogP contribution < -0.4 is 5.48 Å². The summed E-state index contributed by atoms with van der Waals surface area (Å²) in [6.07, 6.45) is -0.0149. The SMILES string of the molecule is O=C1CC(=Nc2cc([N+](=O)[O-])ccc2Cl)NO1. The summed E-state index contributed by atoms with van der Waals surface area (Å²) in [5.74, 6) is -0.206. The summed E-state index contributed by atoms with van der Waals surface area (Å²) in [6.45, 7) is 0. The van der Waals surface area contributed by atoms with Crippen molar-refractivity contribution in [2.24, 2.45) is 4.99 Å². The second-order valence-corrected chi connectivity index (χ2v) is 3.61. The van der Waals surface area contributed by atoms with Gasteiger partial charge >= 0.3 is 5.97 Å². The molecular formula is C9H6ClN3O4. The maximum Gasteiger partial charge on any atom is 0.339 e. The van der Waals surface area contributed by atoms with Crippen molar-refractivity contribution in [2.45, 2.75) is 6.42 Å². The molecule has 0 spiro atoms. The molecule has 1 N–H and O–H groups in total. The maximum absolute atomic E-state index is 10.8. The topological polar surface area (TPSA) is 93.8 Å². The Morgan fingerprint density at radius 1 is 1.53 bits per heavy atom. The number of nitrogens with one attached hydrogen (secondary N) is 1. The molecule has 88 valence electrons. The average Bonchev–Trinajstić information content (AvgIpc) is 2.67. The minimum absolute atomic E-state index is 0.0149. The van der Waals surface area contributed by atoms with E-state index in [1.165, 1.54) is 18.2 Å². The largest absolute Gasteiger partial charge is 0.342 e. The van der Waals surface area contributed by atoms with Crippen LogP contribution in [-0.2, 0) is 9.63 Å². The highest BCUT2D eigenvalue weighted by atomic mass is 35.5. The Morgan fingerprint density at radius 3 is 2.88 bits per heavy atom. The molecule has 1 aliphatic heterocycles. The Hall–Kier alpha value is -2.15. The lowest BCUT2D eigenvalue weighted by atomic mass is 10.3. The fourth-order valence-electron chi connectivity index (χ4n) is 1.23. The van der Waals surface area contributed by atoms with E-state index in [9.17, 15) is 14.9 Å². The number of nitro groups is 1. The molecule has 7 nitrogen and oxygen atoms in total. The zero-order valence-corrected chi connectivity index (χ0v) is 9.10. The summed E-state index contributed by atoms with van der Waals surface area (Å²) in [5.41, 5.74) is 2.39. The van der Waals surface area contributed by atoms with Crippen molar-refractivity contribution < 1.29 is 14.6 Å². The first-order valence-electron chi connectivity index (χ1n) is 4.53. The highest BCUT2D eigenvalue weighted by Crippen LogP contribution is 2.29. The molecule has 8 heteroatoms. The summed E-state index contributed by atoms with van der Waals surface area (Å²) in [4.78, 5) is 29.3. The van der Waals surface area contributed by atoms with Gasteiger partial charge in [-0.2, -0.15) is 0 Å². The standard InChI is InChI=1S/C9H6ClN3O4/c10-6-2-1-5(13(15)16)3-7(6)11-8-4-9(14)17-12-8/h1-3H,4H2,(H,11,12). The highest BCUT2D eigenvalue weighted by Gasteiger charge is 2.19. The maximum atomic E-state index is 10.8. The number of hydrogen-bond acceptors (Lipinski definition) is 5. The van der Waals surface area contributed by atoms with Crippen molar-refractivity contribution in [3.05, 3.63) is 33.3 Å². The van der Waals surface area contributed by atoms with E-state index in [1.807, 2.05) is 0 Å². The quantitative estimate of drug-likeness (QED) is 0.641. The molecule has 1 aromatic rings. The molecule has 1 saturated heterocycles. The number of benzene rings is 1. The second-order valence-electron chi connectivity index (χ2n) is 3.20. The molecule has 0 bridgehead atoms. The fourth-order valence-corrected chi connectivity index (χ4v) is 1.39. The van der Waals surface area contributed by atoms with E-state index in [0.29, 0.717) is 0 Å². The van der Waals surface area contributed by atoms with Gasteiger partial charge in [0.1, 0.15) is 12.3 Å². The van der Waals surface area contributed by atoms with Crippen molar-refractivity contribution in [2.75, 3.05) is 0 Å². The third-order valence-electron chi connectivity index (χ3n) is 1.99. The molecule has 0 aliphatic carbocycles. The first-order chi connectivity index (χ1) is 8.06. The summed E-state index contributed by atoms with van der Waals surface area (Å²) in [7, 11) is 0. The van der Waals surface area contributed by atoms with Crippen LogP contribution >= 0.6 is 11.6 Å². The minimum atomic E-state index is -0.552. The van der Waals surface area contributed by atoms with Crippen molar-refractivity contribution >= 4 is 34.8 Å². The Labute approximate surface area is 100 Å². The third-order valence-corrected chi connectivity index (χ3v) is 2.31. The number of amidine groups is 1. The minimum Gasteiger partial charge on any atom is -0.342 e. The van der Waals surface area contributed by atoms with Gasteiger partial charge in [0.25, 0.3) is 5.69 Å². The molecule has 1 fully saturated rings. The first kappa shape index (κ1) is 11.3. The van der Waals surface area contributed by atoms with Gasteiger partial charge in [-0.1, -0.05) is 11.6 Å². The monoisotopic (exact) mass is 255 g/mol. The zero-order chi connectivity index (χ0) is 12.4.